The van der Waals surface area contributed by atoms with E-state index in [1.165, 1.54) is 16.7 Å². The van der Waals surface area contributed by atoms with Crippen LogP contribution in [0.25, 0.3) is 0 Å². The highest BCUT2D eigenvalue weighted by atomic mass is 16.3. The van der Waals surface area contributed by atoms with E-state index in [0.717, 1.165) is 31.5 Å². The molecule has 162 valence electrons. The molecule has 0 aliphatic carbocycles. The van der Waals surface area contributed by atoms with Gasteiger partial charge < -0.3 is 10.4 Å². The third-order valence-electron chi connectivity index (χ3n) is 6.14. The highest BCUT2D eigenvalue weighted by Gasteiger charge is 2.17. The van der Waals surface area contributed by atoms with Crippen molar-refractivity contribution in [3.8, 4) is 5.75 Å². The quantitative estimate of drug-likeness (QED) is 0.278. The standard InChI is InChI=1S/C30H31NO/c32-30-19-11-10-18-29(30)28(26-16-8-3-9-17-26)21-23-31-22-20-27(24-12-4-1-5-13-24)25-14-6-2-7-15-25/h1-19,27-28,31-32H,20-23H2. The van der Waals surface area contributed by atoms with Crippen molar-refractivity contribution < 1.29 is 5.11 Å². The molecule has 0 amide bonds. The van der Waals surface area contributed by atoms with Crippen molar-refractivity contribution in [1.29, 1.82) is 0 Å². The van der Waals surface area contributed by atoms with Crippen LogP contribution in [0.2, 0.25) is 0 Å². The molecule has 0 spiro atoms. The van der Waals surface area contributed by atoms with Gasteiger partial charge in [0.05, 0.1) is 0 Å². The molecule has 0 heterocycles. The van der Waals surface area contributed by atoms with Crippen molar-refractivity contribution in [2.24, 2.45) is 0 Å². The highest BCUT2D eigenvalue weighted by Crippen LogP contribution is 2.33. The molecule has 0 saturated carbocycles. The van der Waals surface area contributed by atoms with Crippen LogP contribution in [-0.2, 0) is 0 Å². The molecule has 2 N–H and O–H groups in total. The van der Waals surface area contributed by atoms with Gasteiger partial charge in [0.1, 0.15) is 5.75 Å². The zero-order valence-corrected chi connectivity index (χ0v) is 18.4. The lowest BCUT2D eigenvalue weighted by Crippen LogP contribution is -2.21. The minimum atomic E-state index is 0.170. The first-order valence-corrected chi connectivity index (χ1v) is 11.5. The number of aromatic hydroxyl groups is 1. The Bertz CT molecular complexity index is 1020. The van der Waals surface area contributed by atoms with Crippen molar-refractivity contribution in [2.75, 3.05) is 13.1 Å². The maximum atomic E-state index is 10.4. The van der Waals surface area contributed by atoms with Crippen LogP contribution < -0.4 is 5.32 Å². The summed E-state index contributed by atoms with van der Waals surface area (Å²) in [4.78, 5) is 0. The maximum absolute atomic E-state index is 10.4. The Morgan fingerprint density at radius 2 is 0.906 bits per heavy atom. The average Bonchev–Trinajstić information content (AvgIpc) is 2.86. The number of nitrogens with one attached hydrogen (secondary N) is 1. The van der Waals surface area contributed by atoms with Gasteiger partial charge in [0.2, 0.25) is 0 Å². The second kappa shape index (κ2) is 11.3. The number of benzene rings is 4. The number of hydrogen-bond donors (Lipinski definition) is 2. The first-order chi connectivity index (χ1) is 15.8. The lowest BCUT2D eigenvalue weighted by Gasteiger charge is -2.21. The van der Waals surface area contributed by atoms with Crippen LogP contribution >= 0.6 is 0 Å². The fourth-order valence-electron chi connectivity index (χ4n) is 4.48. The van der Waals surface area contributed by atoms with Crippen molar-refractivity contribution >= 4 is 0 Å². The van der Waals surface area contributed by atoms with Crippen LogP contribution in [0.1, 0.15) is 46.9 Å². The predicted octanol–water partition coefficient (Wildman–Crippen LogP) is 6.73. The Morgan fingerprint density at radius 1 is 0.500 bits per heavy atom. The van der Waals surface area contributed by atoms with E-state index in [1.54, 1.807) is 6.07 Å². The van der Waals surface area contributed by atoms with E-state index in [1.807, 2.05) is 24.3 Å². The molecule has 1 unspecified atom stereocenters. The lowest BCUT2D eigenvalue weighted by molar-refractivity contribution is 0.461. The van der Waals surface area contributed by atoms with E-state index in [0.29, 0.717) is 11.7 Å². The normalized spacial score (nSPS) is 12.0. The van der Waals surface area contributed by atoms with E-state index in [4.69, 9.17) is 0 Å². The molecule has 0 radical (unpaired) electrons. The summed E-state index contributed by atoms with van der Waals surface area (Å²) in [5.74, 6) is 0.923. The Balaban J connectivity index is 1.40. The first-order valence-electron chi connectivity index (χ1n) is 11.5. The van der Waals surface area contributed by atoms with E-state index in [2.05, 4.69) is 90.2 Å². The molecule has 1 atom stereocenters. The summed E-state index contributed by atoms with van der Waals surface area (Å²) >= 11 is 0. The fraction of sp³-hybridized carbons (Fsp3) is 0.200. The third kappa shape index (κ3) is 5.66. The van der Waals surface area contributed by atoms with E-state index in [9.17, 15) is 5.11 Å². The minimum Gasteiger partial charge on any atom is -0.508 e. The summed E-state index contributed by atoms with van der Waals surface area (Å²) in [5, 5.41) is 14.1. The molecule has 0 saturated heterocycles. The molecule has 4 aromatic rings. The molecule has 0 fully saturated rings. The molecule has 4 aromatic carbocycles. The Labute approximate surface area is 191 Å². The molecular weight excluding hydrogens is 390 g/mol. The van der Waals surface area contributed by atoms with Gasteiger partial charge >= 0.3 is 0 Å². The van der Waals surface area contributed by atoms with Gasteiger partial charge in [-0.15, -0.1) is 0 Å². The van der Waals surface area contributed by atoms with Crippen molar-refractivity contribution in [1.82, 2.24) is 5.32 Å². The summed E-state index contributed by atoms with van der Waals surface area (Å²) in [6.45, 7) is 1.83. The van der Waals surface area contributed by atoms with Crippen molar-refractivity contribution in [2.45, 2.75) is 24.7 Å². The molecule has 0 bridgehead atoms. The molecule has 2 heteroatoms. The smallest absolute Gasteiger partial charge is 0.119 e. The lowest BCUT2D eigenvalue weighted by atomic mass is 9.87. The van der Waals surface area contributed by atoms with Gasteiger partial charge in [0.15, 0.2) is 0 Å². The maximum Gasteiger partial charge on any atom is 0.119 e. The van der Waals surface area contributed by atoms with Crippen LogP contribution in [0, 0.1) is 0 Å². The van der Waals surface area contributed by atoms with Gasteiger partial charge in [-0.2, -0.15) is 0 Å². The highest BCUT2D eigenvalue weighted by molar-refractivity contribution is 5.41. The largest absolute Gasteiger partial charge is 0.508 e. The second-order valence-electron chi connectivity index (χ2n) is 8.22. The second-order valence-corrected chi connectivity index (χ2v) is 8.22. The van der Waals surface area contributed by atoms with Crippen LogP contribution in [0.15, 0.2) is 115 Å². The predicted molar refractivity (Wildman–Crippen MR) is 133 cm³/mol. The summed E-state index contributed by atoms with van der Waals surface area (Å²) < 4.78 is 0. The number of phenols is 1. The van der Waals surface area contributed by atoms with Gasteiger partial charge in [0, 0.05) is 17.4 Å². The number of hydrogen-bond acceptors (Lipinski definition) is 2. The topological polar surface area (TPSA) is 32.3 Å². The van der Waals surface area contributed by atoms with Gasteiger partial charge in [-0.25, -0.2) is 0 Å². The Morgan fingerprint density at radius 3 is 1.41 bits per heavy atom. The minimum absolute atomic E-state index is 0.170. The number of para-hydroxylation sites is 1. The van der Waals surface area contributed by atoms with E-state index in [-0.39, 0.29) is 5.92 Å². The van der Waals surface area contributed by atoms with Crippen molar-refractivity contribution in [3.63, 3.8) is 0 Å². The van der Waals surface area contributed by atoms with Gasteiger partial charge in [-0.05, 0) is 48.7 Å². The molecule has 0 aliphatic rings. The number of rotatable bonds is 10. The molecule has 4 rings (SSSR count). The van der Waals surface area contributed by atoms with Gasteiger partial charge in [-0.3, -0.25) is 0 Å². The van der Waals surface area contributed by atoms with Crippen LogP contribution in [0.5, 0.6) is 5.75 Å². The first kappa shape index (κ1) is 21.9. The van der Waals surface area contributed by atoms with Gasteiger partial charge in [0.25, 0.3) is 0 Å². The Kier molecular flexibility index (Phi) is 7.73. The average molecular weight is 422 g/mol. The zero-order valence-electron chi connectivity index (χ0n) is 18.4. The zero-order chi connectivity index (χ0) is 22.0. The summed E-state index contributed by atoms with van der Waals surface area (Å²) in [6, 6.07) is 39.7. The van der Waals surface area contributed by atoms with E-state index >= 15 is 0 Å². The molecular formula is C30H31NO. The van der Waals surface area contributed by atoms with Crippen molar-refractivity contribution in [3.05, 3.63) is 138 Å². The molecule has 0 aliphatic heterocycles. The summed E-state index contributed by atoms with van der Waals surface area (Å²) in [6.07, 6.45) is 1.98. The van der Waals surface area contributed by atoms with Crippen LogP contribution in [0.4, 0.5) is 0 Å². The van der Waals surface area contributed by atoms with E-state index < -0.39 is 0 Å². The number of phenolic OH excluding ortho intramolecular Hbond substituents is 1. The third-order valence-corrected chi connectivity index (χ3v) is 6.14. The Hall–Kier alpha value is -3.36. The summed E-state index contributed by atoms with van der Waals surface area (Å²) in [5.41, 5.74) is 4.95. The summed E-state index contributed by atoms with van der Waals surface area (Å²) in [7, 11) is 0. The molecule has 32 heavy (non-hydrogen) atoms. The molecule has 2 nitrogen and oxygen atoms in total. The monoisotopic (exact) mass is 421 g/mol. The van der Waals surface area contributed by atoms with Crippen LogP contribution in [0.3, 0.4) is 0 Å². The van der Waals surface area contributed by atoms with Crippen LogP contribution in [-0.4, -0.2) is 18.2 Å². The fourth-order valence-corrected chi connectivity index (χ4v) is 4.48. The SMILES string of the molecule is Oc1ccccc1C(CCNCCC(c1ccccc1)c1ccccc1)c1ccccc1. The van der Waals surface area contributed by atoms with Gasteiger partial charge in [-0.1, -0.05) is 109 Å². The molecule has 0 aromatic heterocycles.